The van der Waals surface area contributed by atoms with Crippen LogP contribution in [0, 0.1) is 6.92 Å². The molecule has 2 heterocycles. The molecule has 0 aliphatic heterocycles. The fourth-order valence-electron chi connectivity index (χ4n) is 3.62. The third-order valence-electron chi connectivity index (χ3n) is 5.45. The smallest absolute Gasteiger partial charge is 0.192 e. The molecule has 1 unspecified atom stereocenters. The van der Waals surface area contributed by atoms with E-state index >= 15 is 0 Å². The number of allylic oxidation sites excluding steroid dienone is 1. The van der Waals surface area contributed by atoms with Crippen LogP contribution in [-0.2, 0) is 12.3 Å². The minimum atomic E-state index is -0.237. The number of ether oxygens (including phenoxy) is 1. The molecule has 7 heteroatoms. The van der Waals surface area contributed by atoms with Gasteiger partial charge in [-0.25, -0.2) is 4.98 Å². The summed E-state index contributed by atoms with van der Waals surface area (Å²) in [7, 11) is 0. The Bertz CT molecular complexity index is 1240. The first-order valence-corrected chi connectivity index (χ1v) is 13.3. The summed E-state index contributed by atoms with van der Waals surface area (Å²) in [5.74, 6) is 2.83. The predicted octanol–water partition coefficient (Wildman–Crippen LogP) is 7.45. The minimum absolute atomic E-state index is 0.237. The number of aryl methyl sites for hydroxylation is 1. The van der Waals surface area contributed by atoms with Crippen LogP contribution in [0.15, 0.2) is 71.7 Å². The number of aromatic nitrogens is 4. The van der Waals surface area contributed by atoms with Crippen molar-refractivity contribution in [3.05, 3.63) is 89.2 Å². The van der Waals surface area contributed by atoms with E-state index in [2.05, 4.69) is 83.9 Å². The number of thioether (sulfide) groups is 1. The van der Waals surface area contributed by atoms with Gasteiger partial charge in [0.25, 0.3) is 0 Å². The minimum Gasteiger partial charge on any atom is -0.483 e. The lowest BCUT2D eigenvalue weighted by atomic mass is 10.0. The lowest BCUT2D eigenvalue weighted by Crippen LogP contribution is -2.12. The third-order valence-corrected chi connectivity index (χ3v) is 7.39. The van der Waals surface area contributed by atoms with E-state index in [1.54, 1.807) is 23.1 Å². The van der Waals surface area contributed by atoms with Gasteiger partial charge in [-0.3, -0.25) is 4.57 Å². The van der Waals surface area contributed by atoms with E-state index in [4.69, 9.17) is 9.72 Å². The van der Waals surface area contributed by atoms with Gasteiger partial charge in [0.15, 0.2) is 17.1 Å². The lowest BCUT2D eigenvalue weighted by Gasteiger charge is -2.16. The first kappa shape index (κ1) is 24.2. The molecular weight excluding hydrogens is 460 g/mol. The molecule has 0 aliphatic carbocycles. The Morgan fingerprint density at radius 1 is 1.12 bits per heavy atom. The molecule has 34 heavy (non-hydrogen) atoms. The molecule has 4 aromatic rings. The summed E-state index contributed by atoms with van der Waals surface area (Å²) in [5, 5.41) is 12.9. The van der Waals surface area contributed by atoms with Crippen molar-refractivity contribution in [3.63, 3.8) is 0 Å². The number of nitrogens with zero attached hydrogens (tertiary/aromatic N) is 4. The van der Waals surface area contributed by atoms with Crippen LogP contribution in [0.4, 0.5) is 0 Å². The third kappa shape index (κ3) is 5.77. The molecule has 176 valence electrons. The SMILES string of the molecule is C=CCn1c(SCc2csc(-c3cccc(C)c3)n2)nnc1C(C)Oc1ccc(C(C)C)cc1. The van der Waals surface area contributed by atoms with E-state index in [9.17, 15) is 0 Å². The molecule has 0 fully saturated rings. The van der Waals surface area contributed by atoms with E-state index in [1.807, 2.05) is 25.1 Å². The van der Waals surface area contributed by atoms with Gasteiger partial charge in [-0.15, -0.1) is 28.1 Å². The van der Waals surface area contributed by atoms with Crippen molar-refractivity contribution in [1.29, 1.82) is 0 Å². The van der Waals surface area contributed by atoms with Gasteiger partial charge in [0.05, 0.1) is 5.69 Å². The molecule has 2 aromatic heterocycles. The van der Waals surface area contributed by atoms with E-state index in [-0.39, 0.29) is 6.10 Å². The molecule has 0 saturated heterocycles. The van der Waals surface area contributed by atoms with Gasteiger partial charge in [0.1, 0.15) is 10.8 Å². The van der Waals surface area contributed by atoms with Gasteiger partial charge in [-0.2, -0.15) is 0 Å². The Labute approximate surface area is 209 Å². The second-order valence-electron chi connectivity index (χ2n) is 8.53. The Hall–Kier alpha value is -2.90. The zero-order valence-electron chi connectivity index (χ0n) is 20.1. The Morgan fingerprint density at radius 3 is 2.62 bits per heavy atom. The van der Waals surface area contributed by atoms with E-state index in [0.717, 1.165) is 38.7 Å². The topological polar surface area (TPSA) is 52.8 Å². The predicted molar refractivity (Wildman–Crippen MR) is 142 cm³/mol. The number of benzene rings is 2. The number of rotatable bonds is 10. The monoisotopic (exact) mass is 490 g/mol. The van der Waals surface area contributed by atoms with Crippen LogP contribution in [0.25, 0.3) is 10.6 Å². The maximum Gasteiger partial charge on any atom is 0.192 e. The summed E-state index contributed by atoms with van der Waals surface area (Å²) < 4.78 is 8.25. The highest BCUT2D eigenvalue weighted by Gasteiger charge is 2.19. The molecule has 5 nitrogen and oxygen atoms in total. The number of thiazole rings is 1. The van der Waals surface area contributed by atoms with Gasteiger partial charge < -0.3 is 4.74 Å². The summed E-state index contributed by atoms with van der Waals surface area (Å²) >= 11 is 3.30. The highest BCUT2D eigenvalue weighted by Crippen LogP contribution is 2.30. The molecule has 0 radical (unpaired) electrons. The fourth-order valence-corrected chi connectivity index (χ4v) is 5.39. The maximum absolute atomic E-state index is 6.18. The Morgan fingerprint density at radius 2 is 1.91 bits per heavy atom. The Kier molecular flexibility index (Phi) is 7.85. The van der Waals surface area contributed by atoms with Crippen molar-refractivity contribution in [2.24, 2.45) is 0 Å². The maximum atomic E-state index is 6.18. The van der Waals surface area contributed by atoms with Crippen molar-refractivity contribution in [1.82, 2.24) is 19.7 Å². The highest BCUT2D eigenvalue weighted by atomic mass is 32.2. The van der Waals surface area contributed by atoms with Gasteiger partial charge in [-0.05, 0) is 43.5 Å². The molecule has 0 aliphatic rings. The summed E-state index contributed by atoms with van der Waals surface area (Å²) in [6.07, 6.45) is 1.62. The standard InChI is InChI=1S/C27H30N4OS2/c1-6-14-31-25(20(5)32-24-12-10-21(11-13-24)18(2)3)29-30-27(31)34-17-23-16-33-26(28-23)22-9-7-8-19(4)15-22/h6-13,15-16,18,20H,1,14,17H2,2-5H3. The average molecular weight is 491 g/mol. The first-order valence-electron chi connectivity index (χ1n) is 11.4. The zero-order valence-corrected chi connectivity index (χ0v) is 21.7. The second kappa shape index (κ2) is 11.0. The van der Waals surface area contributed by atoms with Crippen molar-refractivity contribution in [2.75, 3.05) is 0 Å². The summed E-state index contributed by atoms with van der Waals surface area (Å²) in [4.78, 5) is 4.82. The van der Waals surface area contributed by atoms with Gasteiger partial charge in [0, 0.05) is 23.2 Å². The molecule has 0 bridgehead atoms. The molecule has 1 atom stereocenters. The first-order chi connectivity index (χ1) is 16.4. The highest BCUT2D eigenvalue weighted by molar-refractivity contribution is 7.98. The molecular formula is C27H30N4OS2. The van der Waals surface area contributed by atoms with Crippen LogP contribution in [0.1, 0.15) is 55.4 Å². The lowest BCUT2D eigenvalue weighted by molar-refractivity contribution is 0.210. The second-order valence-corrected chi connectivity index (χ2v) is 10.3. The van der Waals surface area contributed by atoms with Crippen LogP contribution < -0.4 is 4.74 Å². The molecule has 0 spiro atoms. The number of hydrogen-bond acceptors (Lipinski definition) is 6. The van der Waals surface area contributed by atoms with Crippen molar-refractivity contribution >= 4 is 23.1 Å². The van der Waals surface area contributed by atoms with E-state index in [1.165, 1.54) is 11.1 Å². The quantitative estimate of drug-likeness (QED) is 0.171. The molecule has 4 rings (SSSR count). The van der Waals surface area contributed by atoms with Crippen LogP contribution in [0.3, 0.4) is 0 Å². The molecule has 0 saturated carbocycles. The van der Waals surface area contributed by atoms with E-state index in [0.29, 0.717) is 12.5 Å². The fraction of sp³-hybridized carbons (Fsp3) is 0.296. The van der Waals surface area contributed by atoms with E-state index < -0.39 is 0 Å². The molecule has 2 aromatic carbocycles. The summed E-state index contributed by atoms with van der Waals surface area (Å²) in [6.45, 7) is 13.0. The van der Waals surface area contributed by atoms with Crippen LogP contribution in [0.5, 0.6) is 5.75 Å². The average Bonchev–Trinajstić information content (AvgIpc) is 3.45. The Balaban J connectivity index is 1.45. The number of hydrogen-bond donors (Lipinski definition) is 0. The van der Waals surface area contributed by atoms with Crippen LogP contribution in [0.2, 0.25) is 0 Å². The van der Waals surface area contributed by atoms with Gasteiger partial charge >= 0.3 is 0 Å². The van der Waals surface area contributed by atoms with Crippen LogP contribution >= 0.6 is 23.1 Å². The van der Waals surface area contributed by atoms with Gasteiger partial charge in [-0.1, -0.05) is 67.6 Å². The van der Waals surface area contributed by atoms with Crippen molar-refractivity contribution < 1.29 is 4.74 Å². The summed E-state index contributed by atoms with van der Waals surface area (Å²) in [6, 6.07) is 16.7. The van der Waals surface area contributed by atoms with Crippen LogP contribution in [-0.4, -0.2) is 19.7 Å². The van der Waals surface area contributed by atoms with Crippen molar-refractivity contribution in [3.8, 4) is 16.3 Å². The molecule has 0 amide bonds. The van der Waals surface area contributed by atoms with Gasteiger partial charge in [0.2, 0.25) is 0 Å². The zero-order chi connectivity index (χ0) is 24.1. The normalized spacial score (nSPS) is 12.1. The van der Waals surface area contributed by atoms with Crippen molar-refractivity contribution in [2.45, 2.75) is 57.2 Å². The molecule has 0 N–H and O–H groups in total. The largest absolute Gasteiger partial charge is 0.483 e. The summed E-state index contributed by atoms with van der Waals surface area (Å²) in [5.41, 5.74) is 4.73.